The fourth-order valence-corrected chi connectivity index (χ4v) is 5.05. The molecule has 0 aliphatic heterocycles. The number of hydrogen-bond donors (Lipinski definition) is 3. The lowest BCUT2D eigenvalue weighted by molar-refractivity contribution is -0.125. The van der Waals surface area contributed by atoms with Crippen LogP contribution in [0.15, 0.2) is 83.8 Å². The molecule has 0 aromatic heterocycles. The molecule has 35 heavy (non-hydrogen) atoms. The molecule has 6 nitrogen and oxygen atoms in total. The van der Waals surface area contributed by atoms with Gasteiger partial charge in [0.2, 0.25) is 15.9 Å². The third-order valence-corrected chi connectivity index (χ3v) is 7.37. The number of rotatable bonds is 12. The van der Waals surface area contributed by atoms with Gasteiger partial charge in [0.1, 0.15) is 0 Å². The van der Waals surface area contributed by atoms with E-state index in [1.54, 1.807) is 18.2 Å². The number of aliphatic hydroxyl groups excluding tert-OH is 1. The Morgan fingerprint density at radius 1 is 0.971 bits per heavy atom. The Hall–Kier alpha value is -2.71. The van der Waals surface area contributed by atoms with E-state index in [4.69, 9.17) is 11.6 Å². The van der Waals surface area contributed by atoms with Crippen molar-refractivity contribution in [2.45, 2.75) is 37.2 Å². The van der Waals surface area contributed by atoms with E-state index in [0.29, 0.717) is 24.4 Å². The minimum absolute atomic E-state index is 0.119. The maximum atomic E-state index is 13.0. The number of nitrogens with one attached hydrogen (secondary N) is 2. The second kappa shape index (κ2) is 12.8. The Balaban J connectivity index is 1.60. The molecule has 3 rings (SSSR count). The lowest BCUT2D eigenvalue weighted by Gasteiger charge is -2.21. The van der Waals surface area contributed by atoms with Crippen LogP contribution >= 0.6 is 11.6 Å². The molecule has 0 bridgehead atoms. The lowest BCUT2D eigenvalue weighted by Crippen LogP contribution is -2.38. The highest BCUT2D eigenvalue weighted by Crippen LogP contribution is 2.17. The van der Waals surface area contributed by atoms with Gasteiger partial charge in [0.05, 0.1) is 11.0 Å². The fourth-order valence-electron chi connectivity index (χ4n) is 3.77. The first-order valence-corrected chi connectivity index (χ1v) is 13.4. The zero-order valence-corrected chi connectivity index (χ0v) is 21.2. The van der Waals surface area contributed by atoms with Crippen molar-refractivity contribution in [3.8, 4) is 0 Å². The molecule has 0 saturated carbocycles. The number of aryl methyl sites for hydroxylation is 1. The van der Waals surface area contributed by atoms with Crippen LogP contribution in [0.25, 0.3) is 0 Å². The first-order valence-electron chi connectivity index (χ1n) is 11.5. The highest BCUT2D eigenvalue weighted by Gasteiger charge is 2.24. The van der Waals surface area contributed by atoms with E-state index in [2.05, 4.69) is 10.0 Å². The summed E-state index contributed by atoms with van der Waals surface area (Å²) in [6, 6.07) is 23.5. The van der Waals surface area contributed by atoms with Crippen molar-refractivity contribution >= 4 is 27.5 Å². The van der Waals surface area contributed by atoms with E-state index in [0.717, 1.165) is 16.7 Å². The zero-order chi connectivity index (χ0) is 25.3. The van der Waals surface area contributed by atoms with Crippen molar-refractivity contribution in [2.24, 2.45) is 5.92 Å². The topological polar surface area (TPSA) is 95.5 Å². The van der Waals surface area contributed by atoms with E-state index in [1.165, 1.54) is 12.1 Å². The van der Waals surface area contributed by atoms with Crippen LogP contribution in [0.3, 0.4) is 0 Å². The molecule has 2 atom stereocenters. The monoisotopic (exact) mass is 514 g/mol. The Morgan fingerprint density at radius 3 is 2.34 bits per heavy atom. The third-order valence-electron chi connectivity index (χ3n) is 5.69. The quantitative estimate of drug-likeness (QED) is 0.341. The van der Waals surface area contributed by atoms with Crippen molar-refractivity contribution < 1.29 is 18.3 Å². The van der Waals surface area contributed by atoms with Crippen LogP contribution in [0.1, 0.15) is 23.1 Å². The molecule has 0 unspecified atom stereocenters. The number of amides is 1. The lowest BCUT2D eigenvalue weighted by atomic mass is 9.92. The molecule has 3 aromatic carbocycles. The van der Waals surface area contributed by atoms with Gasteiger partial charge in [-0.1, -0.05) is 71.8 Å². The largest absolute Gasteiger partial charge is 0.392 e. The van der Waals surface area contributed by atoms with Gasteiger partial charge in [0.15, 0.2) is 0 Å². The van der Waals surface area contributed by atoms with Crippen molar-refractivity contribution in [3.05, 3.63) is 101 Å². The minimum Gasteiger partial charge on any atom is -0.392 e. The number of carbonyl (C=O) groups is 1. The van der Waals surface area contributed by atoms with E-state index in [-0.39, 0.29) is 23.8 Å². The van der Waals surface area contributed by atoms with Crippen LogP contribution in [0.5, 0.6) is 0 Å². The maximum absolute atomic E-state index is 13.0. The summed E-state index contributed by atoms with van der Waals surface area (Å²) in [6.45, 7) is 2.12. The third kappa shape index (κ3) is 8.78. The Bertz CT molecular complexity index is 1200. The van der Waals surface area contributed by atoms with Gasteiger partial charge >= 0.3 is 0 Å². The number of carbonyl (C=O) groups excluding carboxylic acids is 1. The Kier molecular flexibility index (Phi) is 9.86. The van der Waals surface area contributed by atoms with Gasteiger partial charge in [0, 0.05) is 24.0 Å². The average molecular weight is 515 g/mol. The number of sulfonamides is 1. The molecule has 0 aliphatic carbocycles. The van der Waals surface area contributed by atoms with E-state index in [1.807, 2.05) is 55.5 Å². The highest BCUT2D eigenvalue weighted by molar-refractivity contribution is 7.89. The molecule has 0 saturated heterocycles. The predicted molar refractivity (Wildman–Crippen MR) is 139 cm³/mol. The van der Waals surface area contributed by atoms with Crippen LogP contribution < -0.4 is 10.0 Å². The normalized spacial score (nSPS) is 13.2. The Morgan fingerprint density at radius 2 is 1.66 bits per heavy atom. The second-order valence-electron chi connectivity index (χ2n) is 8.61. The van der Waals surface area contributed by atoms with Gasteiger partial charge in [-0.25, -0.2) is 13.1 Å². The van der Waals surface area contributed by atoms with Crippen molar-refractivity contribution in [1.82, 2.24) is 10.0 Å². The van der Waals surface area contributed by atoms with Gasteiger partial charge < -0.3 is 10.4 Å². The molecule has 3 aromatic rings. The van der Waals surface area contributed by atoms with Gasteiger partial charge in [-0.15, -0.1) is 0 Å². The van der Waals surface area contributed by atoms with Crippen molar-refractivity contribution in [2.75, 3.05) is 13.1 Å². The number of benzene rings is 3. The molecule has 0 fully saturated rings. The molecule has 0 spiro atoms. The standard InChI is InChI=1S/C27H31ClN2O4S/c1-20-10-12-26(13-11-20)35(33,34)30-19-25(31)18-23(16-21-6-3-2-4-7-21)27(32)29-15-14-22-8-5-9-24(28)17-22/h2-13,17,23,25,30-31H,14-16,18-19H2,1H3,(H,29,32)/t23-,25-/m0/s1. The van der Waals surface area contributed by atoms with Crippen molar-refractivity contribution in [3.63, 3.8) is 0 Å². The van der Waals surface area contributed by atoms with Gasteiger partial charge in [0.25, 0.3) is 0 Å². The second-order valence-corrected chi connectivity index (χ2v) is 10.8. The summed E-state index contributed by atoms with van der Waals surface area (Å²) in [6.07, 6.45) is 0.158. The smallest absolute Gasteiger partial charge is 0.240 e. The van der Waals surface area contributed by atoms with Gasteiger partial charge in [-0.3, -0.25) is 4.79 Å². The van der Waals surface area contributed by atoms with Crippen LogP contribution in [0.4, 0.5) is 0 Å². The number of aliphatic hydroxyl groups is 1. The summed E-state index contributed by atoms with van der Waals surface area (Å²) < 4.78 is 27.5. The molecule has 8 heteroatoms. The molecule has 186 valence electrons. The molecular formula is C27H31ClN2O4S. The zero-order valence-electron chi connectivity index (χ0n) is 19.7. The Labute approximate surface area is 212 Å². The summed E-state index contributed by atoms with van der Waals surface area (Å²) in [5.41, 5.74) is 2.94. The van der Waals surface area contributed by atoms with Crippen LogP contribution in [0.2, 0.25) is 5.02 Å². The fraction of sp³-hybridized carbons (Fsp3) is 0.296. The van der Waals surface area contributed by atoms with E-state index < -0.39 is 22.0 Å². The minimum atomic E-state index is -3.76. The SMILES string of the molecule is Cc1ccc(S(=O)(=O)NC[C@@H](O)C[C@H](Cc2ccccc2)C(=O)NCCc2cccc(Cl)c2)cc1. The average Bonchev–Trinajstić information content (AvgIpc) is 2.83. The summed E-state index contributed by atoms with van der Waals surface area (Å²) in [7, 11) is -3.76. The summed E-state index contributed by atoms with van der Waals surface area (Å²) in [5.74, 6) is -0.702. The molecule has 0 heterocycles. The summed E-state index contributed by atoms with van der Waals surface area (Å²) in [4.78, 5) is 13.1. The number of halogens is 1. The molecular weight excluding hydrogens is 484 g/mol. The summed E-state index contributed by atoms with van der Waals surface area (Å²) in [5, 5.41) is 14.2. The van der Waals surface area contributed by atoms with Gasteiger partial charge in [-0.2, -0.15) is 0 Å². The molecule has 0 radical (unpaired) electrons. The van der Waals surface area contributed by atoms with E-state index in [9.17, 15) is 18.3 Å². The first kappa shape index (κ1) is 26.9. The number of hydrogen-bond acceptors (Lipinski definition) is 4. The highest BCUT2D eigenvalue weighted by atomic mass is 35.5. The predicted octanol–water partition coefficient (Wildman–Crippen LogP) is 3.90. The molecule has 1 amide bonds. The van der Waals surface area contributed by atoms with Crippen molar-refractivity contribution in [1.29, 1.82) is 0 Å². The molecule has 0 aliphatic rings. The maximum Gasteiger partial charge on any atom is 0.240 e. The van der Waals surface area contributed by atoms with Crippen LogP contribution in [0, 0.1) is 12.8 Å². The van der Waals surface area contributed by atoms with Crippen LogP contribution in [-0.2, 0) is 27.7 Å². The van der Waals surface area contributed by atoms with Gasteiger partial charge in [-0.05, 0) is 61.6 Å². The summed E-state index contributed by atoms with van der Waals surface area (Å²) >= 11 is 6.03. The van der Waals surface area contributed by atoms with Crippen LogP contribution in [-0.4, -0.2) is 38.6 Å². The molecule has 3 N–H and O–H groups in total. The first-order chi connectivity index (χ1) is 16.7. The van der Waals surface area contributed by atoms with E-state index >= 15 is 0 Å².